The molecule has 12 aromatic rings. The number of fused-ring (bicyclic) bond motifs is 7. The number of anilines is 3. The molecule has 0 amide bonds. The van der Waals surface area contributed by atoms with Gasteiger partial charge in [0.15, 0.2) is 0 Å². The predicted molar refractivity (Wildman–Crippen MR) is 257 cm³/mol. The number of furan rings is 1. The summed E-state index contributed by atoms with van der Waals surface area (Å²) in [6, 6.07) is 82.9. The van der Waals surface area contributed by atoms with Crippen molar-refractivity contribution in [2.24, 2.45) is 0 Å². The maximum Gasteiger partial charge on any atom is 0.143 e. The van der Waals surface area contributed by atoms with Crippen LogP contribution in [0.1, 0.15) is 0 Å². The Balaban J connectivity index is 0.969. The molecule has 0 spiro atoms. The van der Waals surface area contributed by atoms with E-state index in [1.165, 1.54) is 49.3 Å². The molecular formula is C58H38N2O. The van der Waals surface area contributed by atoms with Crippen LogP contribution in [0.15, 0.2) is 235 Å². The number of nitrogens with zero attached hydrogens (tertiary/aromatic N) is 2. The van der Waals surface area contributed by atoms with Crippen LogP contribution in [0.5, 0.6) is 0 Å². The van der Waals surface area contributed by atoms with Gasteiger partial charge in [-0.2, -0.15) is 0 Å². The van der Waals surface area contributed by atoms with Crippen LogP contribution in [0, 0.1) is 0 Å². The van der Waals surface area contributed by atoms with E-state index < -0.39 is 0 Å². The zero-order valence-electron chi connectivity index (χ0n) is 33.2. The van der Waals surface area contributed by atoms with Crippen LogP contribution in [0.4, 0.5) is 17.1 Å². The zero-order chi connectivity index (χ0) is 40.3. The molecule has 12 rings (SSSR count). The number of aromatic nitrogens is 1. The number of benzene rings is 10. The van der Waals surface area contributed by atoms with Gasteiger partial charge in [0.05, 0.1) is 16.7 Å². The predicted octanol–water partition coefficient (Wildman–Crippen LogP) is 16.3. The largest absolute Gasteiger partial charge is 0.455 e. The SMILES string of the molecule is c1ccc(N(c2ccc(-c3ccc(-c4ccc5ccccc5c4)cc3)cc2)c2ccc(-n3c4ccccc4c4ccccc43)cc2)c(-c2cccc3c2oc2ccccc23)c1. The summed E-state index contributed by atoms with van der Waals surface area (Å²) in [5.74, 6) is 0. The van der Waals surface area contributed by atoms with Crippen LogP contribution >= 0.6 is 0 Å². The van der Waals surface area contributed by atoms with Crippen LogP contribution in [0.25, 0.3) is 93.6 Å². The van der Waals surface area contributed by atoms with Crippen molar-refractivity contribution < 1.29 is 4.42 Å². The highest BCUT2D eigenvalue weighted by atomic mass is 16.3. The first-order chi connectivity index (χ1) is 30.2. The summed E-state index contributed by atoms with van der Waals surface area (Å²) in [5, 5.41) is 7.24. The lowest BCUT2D eigenvalue weighted by Crippen LogP contribution is -2.11. The van der Waals surface area contributed by atoms with Crippen molar-refractivity contribution in [3.05, 3.63) is 231 Å². The highest BCUT2D eigenvalue weighted by Crippen LogP contribution is 2.45. The summed E-state index contributed by atoms with van der Waals surface area (Å²) < 4.78 is 8.98. The van der Waals surface area contributed by atoms with E-state index in [1.54, 1.807) is 0 Å². The van der Waals surface area contributed by atoms with Crippen molar-refractivity contribution in [2.45, 2.75) is 0 Å². The fourth-order valence-corrected chi connectivity index (χ4v) is 9.26. The lowest BCUT2D eigenvalue weighted by atomic mass is 9.97. The molecule has 0 saturated carbocycles. The first-order valence-electron chi connectivity index (χ1n) is 20.8. The van der Waals surface area contributed by atoms with E-state index in [0.29, 0.717) is 0 Å². The minimum absolute atomic E-state index is 0.889. The summed E-state index contributed by atoms with van der Waals surface area (Å²) in [6.45, 7) is 0. The molecule has 10 aromatic carbocycles. The fraction of sp³-hybridized carbons (Fsp3) is 0. The minimum atomic E-state index is 0.889. The Morgan fingerprint density at radius 1 is 0.344 bits per heavy atom. The molecule has 0 saturated heterocycles. The third kappa shape index (κ3) is 5.90. The van der Waals surface area contributed by atoms with Crippen LogP contribution in [0.3, 0.4) is 0 Å². The zero-order valence-corrected chi connectivity index (χ0v) is 33.2. The Hall–Kier alpha value is -8.14. The van der Waals surface area contributed by atoms with E-state index in [0.717, 1.165) is 61.4 Å². The number of hydrogen-bond donors (Lipinski definition) is 0. The molecule has 3 heteroatoms. The van der Waals surface area contributed by atoms with Gasteiger partial charge in [0, 0.05) is 49.7 Å². The van der Waals surface area contributed by atoms with Crippen molar-refractivity contribution in [1.29, 1.82) is 0 Å². The van der Waals surface area contributed by atoms with Crippen LogP contribution in [0.2, 0.25) is 0 Å². The molecule has 0 radical (unpaired) electrons. The van der Waals surface area contributed by atoms with E-state index >= 15 is 0 Å². The number of para-hydroxylation sites is 5. The summed E-state index contributed by atoms with van der Waals surface area (Å²) in [5.41, 5.74) is 15.4. The molecule has 0 fully saturated rings. The van der Waals surface area contributed by atoms with Gasteiger partial charge in [0.1, 0.15) is 11.2 Å². The lowest BCUT2D eigenvalue weighted by Gasteiger charge is -2.28. The van der Waals surface area contributed by atoms with Gasteiger partial charge in [-0.15, -0.1) is 0 Å². The molecule has 286 valence electrons. The Morgan fingerprint density at radius 2 is 0.852 bits per heavy atom. The topological polar surface area (TPSA) is 21.3 Å². The van der Waals surface area contributed by atoms with Gasteiger partial charge in [0.2, 0.25) is 0 Å². The van der Waals surface area contributed by atoms with E-state index in [-0.39, 0.29) is 0 Å². The Kier molecular flexibility index (Phi) is 8.17. The smallest absolute Gasteiger partial charge is 0.143 e. The summed E-state index contributed by atoms with van der Waals surface area (Å²) >= 11 is 0. The molecular weight excluding hydrogens is 741 g/mol. The van der Waals surface area contributed by atoms with Gasteiger partial charge in [-0.25, -0.2) is 0 Å². The Morgan fingerprint density at radius 3 is 1.57 bits per heavy atom. The second-order valence-corrected chi connectivity index (χ2v) is 15.7. The molecule has 0 aliphatic heterocycles. The third-order valence-electron chi connectivity index (χ3n) is 12.2. The van der Waals surface area contributed by atoms with Crippen LogP contribution in [-0.2, 0) is 0 Å². The monoisotopic (exact) mass is 778 g/mol. The molecule has 0 aliphatic carbocycles. The van der Waals surface area contributed by atoms with Gasteiger partial charge in [-0.05, 0) is 99.8 Å². The molecule has 0 aliphatic rings. The summed E-state index contributed by atoms with van der Waals surface area (Å²) in [7, 11) is 0. The van der Waals surface area contributed by atoms with E-state index in [4.69, 9.17) is 4.42 Å². The van der Waals surface area contributed by atoms with Crippen molar-refractivity contribution in [1.82, 2.24) is 4.57 Å². The number of rotatable bonds is 7. The normalized spacial score (nSPS) is 11.6. The minimum Gasteiger partial charge on any atom is -0.455 e. The average molecular weight is 779 g/mol. The van der Waals surface area contributed by atoms with E-state index in [9.17, 15) is 0 Å². The first-order valence-corrected chi connectivity index (χ1v) is 20.8. The Bertz CT molecular complexity index is 3520. The molecule has 0 bridgehead atoms. The second-order valence-electron chi connectivity index (χ2n) is 15.7. The van der Waals surface area contributed by atoms with Gasteiger partial charge < -0.3 is 13.9 Å². The van der Waals surface area contributed by atoms with Crippen LogP contribution < -0.4 is 4.90 Å². The summed E-state index contributed by atoms with van der Waals surface area (Å²) in [4.78, 5) is 2.37. The molecule has 0 unspecified atom stereocenters. The molecule has 2 heterocycles. The fourth-order valence-electron chi connectivity index (χ4n) is 9.26. The van der Waals surface area contributed by atoms with Gasteiger partial charge in [0.25, 0.3) is 0 Å². The van der Waals surface area contributed by atoms with Crippen molar-refractivity contribution >= 4 is 71.6 Å². The van der Waals surface area contributed by atoms with Gasteiger partial charge in [-0.3, -0.25) is 0 Å². The molecule has 61 heavy (non-hydrogen) atoms. The molecule has 0 atom stereocenters. The van der Waals surface area contributed by atoms with Crippen molar-refractivity contribution in [3.8, 4) is 39.1 Å². The first kappa shape index (κ1) is 34.9. The average Bonchev–Trinajstić information content (AvgIpc) is 3.88. The highest BCUT2D eigenvalue weighted by Gasteiger charge is 2.21. The maximum atomic E-state index is 6.61. The van der Waals surface area contributed by atoms with Gasteiger partial charge in [-0.1, -0.05) is 164 Å². The molecule has 2 aromatic heterocycles. The van der Waals surface area contributed by atoms with E-state index in [1.807, 2.05) is 6.07 Å². The lowest BCUT2D eigenvalue weighted by molar-refractivity contribution is 0.670. The van der Waals surface area contributed by atoms with Crippen LogP contribution in [-0.4, -0.2) is 4.57 Å². The van der Waals surface area contributed by atoms with E-state index in [2.05, 4.69) is 234 Å². The standard InChI is InChI=1S/C58H38N2O/c1-2-13-43-38-44(29-28-39(43)12-1)42-26-24-40(25-27-42)41-30-32-45(33-31-41)59(46-34-36-47(37-35-46)60-55-21-8-3-14-48(55)49-15-4-9-22-56(49)60)54-20-7-5-16-50(54)52-18-11-19-53-51-17-6-10-23-57(51)61-58(52)53/h1-38H. The van der Waals surface area contributed by atoms with Crippen molar-refractivity contribution in [2.75, 3.05) is 4.90 Å². The quantitative estimate of drug-likeness (QED) is 0.161. The second kappa shape index (κ2) is 14.3. The van der Waals surface area contributed by atoms with Crippen molar-refractivity contribution in [3.63, 3.8) is 0 Å². The number of hydrogen-bond acceptors (Lipinski definition) is 2. The molecule has 3 nitrogen and oxygen atoms in total. The Labute approximate surface area is 353 Å². The van der Waals surface area contributed by atoms with Gasteiger partial charge >= 0.3 is 0 Å². The highest BCUT2D eigenvalue weighted by molar-refractivity contribution is 6.11. The maximum absolute atomic E-state index is 6.61. The summed E-state index contributed by atoms with van der Waals surface area (Å²) in [6.07, 6.45) is 0. The molecule has 0 N–H and O–H groups in total. The third-order valence-corrected chi connectivity index (χ3v) is 12.2.